The van der Waals surface area contributed by atoms with Crippen molar-refractivity contribution < 1.29 is 9.59 Å². The summed E-state index contributed by atoms with van der Waals surface area (Å²) in [5.74, 6) is -0.331. The maximum Gasteiger partial charge on any atom is 0.255 e. The van der Waals surface area contributed by atoms with Crippen molar-refractivity contribution >= 4 is 29.1 Å². The summed E-state index contributed by atoms with van der Waals surface area (Å²) >= 11 is 5.94. The molecule has 0 saturated carbocycles. The van der Waals surface area contributed by atoms with E-state index in [1.165, 1.54) is 0 Å². The van der Waals surface area contributed by atoms with Crippen LogP contribution in [0.15, 0.2) is 72.8 Å². The second-order valence-corrected chi connectivity index (χ2v) is 7.85. The van der Waals surface area contributed by atoms with Crippen molar-refractivity contribution in [2.75, 3.05) is 18.4 Å². The highest BCUT2D eigenvalue weighted by Gasteiger charge is 2.15. The number of halogens is 1. The third-order valence-electron chi connectivity index (χ3n) is 5.38. The van der Waals surface area contributed by atoms with Crippen LogP contribution in [-0.4, -0.2) is 29.8 Å². The minimum Gasteiger partial charge on any atom is -0.348 e. The first-order chi connectivity index (χ1) is 15.5. The number of hydrogen-bond donors (Lipinski definition) is 2. The van der Waals surface area contributed by atoms with Gasteiger partial charge in [-0.25, -0.2) is 0 Å². The number of nitrogens with zero attached hydrogens (tertiary/aromatic N) is 1. The van der Waals surface area contributed by atoms with Crippen molar-refractivity contribution in [1.82, 2.24) is 10.2 Å². The lowest BCUT2D eigenvalue weighted by molar-refractivity contribution is 0.0949. The quantitative estimate of drug-likeness (QED) is 0.462. The van der Waals surface area contributed by atoms with Crippen LogP contribution in [0.4, 0.5) is 5.69 Å². The zero-order chi connectivity index (χ0) is 22.9. The highest BCUT2D eigenvalue weighted by Crippen LogP contribution is 2.23. The van der Waals surface area contributed by atoms with Gasteiger partial charge >= 0.3 is 0 Å². The van der Waals surface area contributed by atoms with E-state index in [-0.39, 0.29) is 11.8 Å². The zero-order valence-corrected chi connectivity index (χ0v) is 19.2. The van der Waals surface area contributed by atoms with Crippen molar-refractivity contribution in [3.8, 4) is 0 Å². The second kappa shape index (κ2) is 11.5. The van der Waals surface area contributed by atoms with Gasteiger partial charge in [-0.3, -0.25) is 14.5 Å². The van der Waals surface area contributed by atoms with Gasteiger partial charge in [-0.2, -0.15) is 0 Å². The van der Waals surface area contributed by atoms with Crippen LogP contribution in [0.2, 0.25) is 5.02 Å². The van der Waals surface area contributed by atoms with E-state index in [2.05, 4.69) is 29.4 Å². The highest BCUT2D eigenvalue weighted by atomic mass is 35.5. The SMILES string of the molecule is CCN(CC)Cc1c(CNC(=O)c2ccccc2)cccc1NC(=O)c1ccc(Cl)cc1. The van der Waals surface area contributed by atoms with Crippen molar-refractivity contribution in [3.05, 3.63) is 100 Å². The second-order valence-electron chi connectivity index (χ2n) is 7.41. The molecule has 2 N–H and O–H groups in total. The van der Waals surface area contributed by atoms with Crippen LogP contribution in [0.1, 0.15) is 45.7 Å². The molecule has 0 aliphatic heterocycles. The Bertz CT molecular complexity index is 1050. The van der Waals surface area contributed by atoms with E-state index in [9.17, 15) is 9.59 Å². The molecule has 32 heavy (non-hydrogen) atoms. The average molecular weight is 450 g/mol. The van der Waals surface area contributed by atoms with Crippen molar-refractivity contribution in [2.45, 2.75) is 26.9 Å². The molecule has 0 spiro atoms. The molecule has 0 aliphatic carbocycles. The molecule has 6 heteroatoms. The predicted molar refractivity (Wildman–Crippen MR) is 130 cm³/mol. The Morgan fingerprint density at radius 1 is 0.812 bits per heavy atom. The van der Waals surface area contributed by atoms with Gasteiger partial charge in [-0.15, -0.1) is 0 Å². The number of anilines is 1. The molecule has 0 aromatic heterocycles. The monoisotopic (exact) mass is 449 g/mol. The van der Waals surface area contributed by atoms with E-state index in [1.54, 1.807) is 36.4 Å². The maximum absolute atomic E-state index is 12.8. The van der Waals surface area contributed by atoms with Crippen LogP contribution < -0.4 is 10.6 Å². The molecule has 0 fully saturated rings. The van der Waals surface area contributed by atoms with Crippen LogP contribution in [-0.2, 0) is 13.1 Å². The Labute approximate surface area is 194 Å². The number of hydrogen-bond acceptors (Lipinski definition) is 3. The first-order valence-corrected chi connectivity index (χ1v) is 11.1. The van der Waals surface area contributed by atoms with Gasteiger partial charge in [-0.05, 0) is 66.7 Å². The van der Waals surface area contributed by atoms with Gasteiger partial charge in [0.1, 0.15) is 0 Å². The standard InChI is InChI=1S/C26H28ClN3O2/c1-3-30(4-2)18-23-21(17-28-25(31)19-9-6-5-7-10-19)11-8-12-24(23)29-26(32)20-13-15-22(27)16-14-20/h5-16H,3-4,17-18H2,1-2H3,(H,28,31)(H,29,32). The summed E-state index contributed by atoms with van der Waals surface area (Å²) in [4.78, 5) is 27.6. The summed E-state index contributed by atoms with van der Waals surface area (Å²) in [5, 5.41) is 6.62. The van der Waals surface area contributed by atoms with Crippen LogP contribution in [0.5, 0.6) is 0 Å². The van der Waals surface area contributed by atoms with Crippen LogP contribution >= 0.6 is 11.6 Å². The van der Waals surface area contributed by atoms with Crippen LogP contribution in [0.3, 0.4) is 0 Å². The van der Waals surface area contributed by atoms with Gasteiger partial charge in [0.05, 0.1) is 0 Å². The van der Waals surface area contributed by atoms with Gasteiger partial charge in [-0.1, -0.05) is 55.8 Å². The van der Waals surface area contributed by atoms with Crippen LogP contribution in [0.25, 0.3) is 0 Å². The first kappa shape index (κ1) is 23.5. The Morgan fingerprint density at radius 3 is 2.12 bits per heavy atom. The van der Waals surface area contributed by atoms with Crippen molar-refractivity contribution in [2.24, 2.45) is 0 Å². The molecule has 5 nitrogen and oxygen atoms in total. The molecule has 0 radical (unpaired) electrons. The third-order valence-corrected chi connectivity index (χ3v) is 5.63. The van der Waals surface area contributed by atoms with E-state index < -0.39 is 0 Å². The molecular weight excluding hydrogens is 422 g/mol. The van der Waals surface area contributed by atoms with Gasteiger partial charge in [0.25, 0.3) is 11.8 Å². The van der Waals surface area contributed by atoms with Gasteiger partial charge in [0.2, 0.25) is 0 Å². The minimum absolute atomic E-state index is 0.130. The molecule has 3 aromatic rings. The molecule has 0 bridgehead atoms. The summed E-state index contributed by atoms with van der Waals surface area (Å²) in [6.07, 6.45) is 0. The fourth-order valence-corrected chi connectivity index (χ4v) is 3.56. The average Bonchev–Trinajstić information content (AvgIpc) is 2.82. The van der Waals surface area contributed by atoms with Crippen molar-refractivity contribution in [1.29, 1.82) is 0 Å². The largest absolute Gasteiger partial charge is 0.348 e. The van der Waals surface area contributed by atoms with E-state index in [4.69, 9.17) is 11.6 Å². The number of rotatable bonds is 9. The number of nitrogens with one attached hydrogen (secondary N) is 2. The summed E-state index contributed by atoms with van der Waals surface area (Å²) in [7, 11) is 0. The Morgan fingerprint density at radius 2 is 1.47 bits per heavy atom. The van der Waals surface area contributed by atoms with E-state index >= 15 is 0 Å². The van der Waals surface area contributed by atoms with Crippen LogP contribution in [0, 0.1) is 0 Å². The van der Waals surface area contributed by atoms with Gasteiger partial charge in [0, 0.05) is 34.9 Å². The molecule has 0 saturated heterocycles. The van der Waals surface area contributed by atoms with E-state index in [1.807, 2.05) is 36.4 Å². The molecule has 0 aliphatic rings. The normalized spacial score (nSPS) is 10.8. The van der Waals surface area contributed by atoms with Gasteiger partial charge in [0.15, 0.2) is 0 Å². The maximum atomic E-state index is 12.8. The molecule has 0 unspecified atom stereocenters. The lowest BCUT2D eigenvalue weighted by Gasteiger charge is -2.23. The molecular formula is C26H28ClN3O2. The van der Waals surface area contributed by atoms with Gasteiger partial charge < -0.3 is 10.6 Å². The predicted octanol–water partition coefficient (Wildman–Crippen LogP) is 5.36. The minimum atomic E-state index is -0.201. The number of carbonyl (C=O) groups is 2. The Hall–Kier alpha value is -3.15. The summed E-state index contributed by atoms with van der Waals surface area (Å²) < 4.78 is 0. The molecule has 3 rings (SSSR count). The zero-order valence-electron chi connectivity index (χ0n) is 18.4. The molecule has 0 heterocycles. The number of carbonyl (C=O) groups excluding carboxylic acids is 2. The Balaban J connectivity index is 1.84. The number of amides is 2. The lowest BCUT2D eigenvalue weighted by Crippen LogP contribution is -2.27. The molecule has 3 aromatic carbocycles. The van der Waals surface area contributed by atoms with E-state index in [0.717, 1.165) is 29.9 Å². The third kappa shape index (κ3) is 6.19. The summed E-state index contributed by atoms with van der Waals surface area (Å²) in [6, 6.07) is 21.7. The molecule has 0 atom stereocenters. The lowest BCUT2D eigenvalue weighted by atomic mass is 10.0. The smallest absolute Gasteiger partial charge is 0.255 e. The first-order valence-electron chi connectivity index (χ1n) is 10.7. The fraction of sp³-hybridized carbons (Fsp3) is 0.231. The summed E-state index contributed by atoms with van der Waals surface area (Å²) in [5.41, 5.74) is 3.85. The summed E-state index contributed by atoms with van der Waals surface area (Å²) in [6.45, 7) is 7.01. The van der Waals surface area contributed by atoms with Crippen molar-refractivity contribution in [3.63, 3.8) is 0 Å². The van der Waals surface area contributed by atoms with E-state index in [0.29, 0.717) is 29.2 Å². The topological polar surface area (TPSA) is 61.4 Å². The fourth-order valence-electron chi connectivity index (χ4n) is 3.44. The molecule has 166 valence electrons. The molecule has 2 amide bonds. The highest BCUT2D eigenvalue weighted by molar-refractivity contribution is 6.30. The number of benzene rings is 3. The Kier molecular flexibility index (Phi) is 8.42.